The summed E-state index contributed by atoms with van der Waals surface area (Å²) in [6, 6.07) is 5.54. The van der Waals surface area contributed by atoms with Crippen LogP contribution in [-0.2, 0) is 11.2 Å². The summed E-state index contributed by atoms with van der Waals surface area (Å²) in [6.07, 6.45) is -0.0777. The number of ether oxygens (including phenoxy) is 2. The minimum absolute atomic E-state index is 0.0777. The fourth-order valence-electron chi connectivity index (χ4n) is 1.85. The second-order valence-corrected chi connectivity index (χ2v) is 5.23. The lowest BCUT2D eigenvalue weighted by Gasteiger charge is -2.12. The van der Waals surface area contributed by atoms with E-state index in [1.807, 2.05) is 32.0 Å². The van der Waals surface area contributed by atoms with Gasteiger partial charge in [-0.25, -0.2) is 4.98 Å². The zero-order valence-corrected chi connectivity index (χ0v) is 13.3. The third-order valence-corrected chi connectivity index (χ3v) is 3.49. The first kappa shape index (κ1) is 16.1. The molecule has 0 aliphatic rings. The van der Waals surface area contributed by atoms with Crippen molar-refractivity contribution in [3.05, 3.63) is 29.3 Å². The lowest BCUT2D eigenvalue weighted by atomic mass is 10.2. The van der Waals surface area contributed by atoms with E-state index in [2.05, 4.69) is 10.3 Å². The predicted octanol–water partition coefficient (Wildman–Crippen LogP) is 3.31. The van der Waals surface area contributed by atoms with Gasteiger partial charge in [0.2, 0.25) is 0 Å². The van der Waals surface area contributed by atoms with Gasteiger partial charge >= 0.3 is 5.97 Å². The summed E-state index contributed by atoms with van der Waals surface area (Å²) in [4.78, 5) is 14.9. The predicted molar refractivity (Wildman–Crippen MR) is 85.5 cm³/mol. The molecule has 0 saturated heterocycles. The van der Waals surface area contributed by atoms with Crippen LogP contribution in [0.25, 0.3) is 0 Å². The van der Waals surface area contributed by atoms with Crippen LogP contribution in [0, 0.1) is 0 Å². The Labute approximate surface area is 132 Å². The SMILES string of the molecule is CCOc1ccc(Nc2nc(CC(=O)O)cs2)cc1OCC. The number of benzene rings is 1. The van der Waals surface area contributed by atoms with Crippen molar-refractivity contribution in [3.63, 3.8) is 0 Å². The van der Waals surface area contributed by atoms with Crippen LogP contribution in [0.4, 0.5) is 10.8 Å². The van der Waals surface area contributed by atoms with Crippen molar-refractivity contribution in [2.45, 2.75) is 20.3 Å². The van der Waals surface area contributed by atoms with Crippen LogP contribution in [0.5, 0.6) is 11.5 Å². The Morgan fingerprint density at radius 2 is 2.00 bits per heavy atom. The average molecular weight is 322 g/mol. The molecule has 2 rings (SSSR count). The highest BCUT2D eigenvalue weighted by molar-refractivity contribution is 7.13. The zero-order chi connectivity index (χ0) is 15.9. The van der Waals surface area contributed by atoms with Crippen molar-refractivity contribution < 1.29 is 19.4 Å². The lowest BCUT2D eigenvalue weighted by Crippen LogP contribution is -2.01. The highest BCUT2D eigenvalue weighted by Crippen LogP contribution is 2.32. The number of aromatic nitrogens is 1. The number of nitrogens with one attached hydrogen (secondary N) is 1. The van der Waals surface area contributed by atoms with Gasteiger partial charge in [0.1, 0.15) is 0 Å². The number of hydrogen-bond donors (Lipinski definition) is 2. The van der Waals surface area contributed by atoms with Crippen molar-refractivity contribution in [1.82, 2.24) is 4.98 Å². The molecule has 0 aliphatic carbocycles. The Morgan fingerprint density at radius 1 is 1.27 bits per heavy atom. The van der Waals surface area contributed by atoms with E-state index in [9.17, 15) is 4.79 Å². The fourth-order valence-corrected chi connectivity index (χ4v) is 2.58. The molecule has 0 bridgehead atoms. The number of rotatable bonds is 8. The highest BCUT2D eigenvalue weighted by atomic mass is 32.1. The van der Waals surface area contributed by atoms with Crippen molar-refractivity contribution in [1.29, 1.82) is 0 Å². The molecule has 0 amide bonds. The van der Waals surface area contributed by atoms with E-state index in [4.69, 9.17) is 14.6 Å². The first-order valence-corrected chi connectivity index (χ1v) is 7.83. The monoisotopic (exact) mass is 322 g/mol. The minimum Gasteiger partial charge on any atom is -0.490 e. The summed E-state index contributed by atoms with van der Waals surface area (Å²) in [5, 5.41) is 14.3. The largest absolute Gasteiger partial charge is 0.490 e. The van der Waals surface area contributed by atoms with Gasteiger partial charge in [0.05, 0.1) is 25.3 Å². The third-order valence-electron chi connectivity index (χ3n) is 2.68. The molecule has 118 valence electrons. The molecule has 0 atom stereocenters. The molecule has 0 saturated carbocycles. The maximum atomic E-state index is 10.7. The Bertz CT molecular complexity index is 642. The second-order valence-electron chi connectivity index (χ2n) is 4.37. The molecule has 0 radical (unpaired) electrons. The van der Waals surface area contributed by atoms with Crippen LogP contribution < -0.4 is 14.8 Å². The molecule has 0 spiro atoms. The number of aliphatic carboxylic acids is 1. The van der Waals surface area contributed by atoms with Crippen LogP contribution >= 0.6 is 11.3 Å². The van der Waals surface area contributed by atoms with E-state index in [0.29, 0.717) is 35.5 Å². The van der Waals surface area contributed by atoms with Gasteiger partial charge in [-0.1, -0.05) is 0 Å². The van der Waals surface area contributed by atoms with Crippen LogP contribution in [0.15, 0.2) is 23.6 Å². The summed E-state index contributed by atoms with van der Waals surface area (Å²) < 4.78 is 11.1. The van der Waals surface area contributed by atoms with Gasteiger partial charge in [0.15, 0.2) is 16.6 Å². The quantitative estimate of drug-likeness (QED) is 0.776. The number of carboxylic acids is 1. The molecular formula is C15H18N2O4S. The number of carbonyl (C=O) groups is 1. The summed E-state index contributed by atoms with van der Waals surface area (Å²) in [5.74, 6) is 0.466. The first-order chi connectivity index (χ1) is 10.6. The molecule has 2 N–H and O–H groups in total. The second kappa shape index (κ2) is 7.65. The average Bonchev–Trinajstić information content (AvgIpc) is 2.88. The van der Waals surface area contributed by atoms with Crippen LogP contribution in [0.3, 0.4) is 0 Å². The molecule has 2 aromatic rings. The summed E-state index contributed by atoms with van der Waals surface area (Å²) in [6.45, 7) is 4.94. The summed E-state index contributed by atoms with van der Waals surface area (Å²) >= 11 is 1.36. The van der Waals surface area contributed by atoms with E-state index in [0.717, 1.165) is 5.69 Å². The van der Waals surface area contributed by atoms with E-state index in [1.165, 1.54) is 11.3 Å². The summed E-state index contributed by atoms with van der Waals surface area (Å²) in [5.41, 5.74) is 1.35. The Morgan fingerprint density at radius 3 is 2.68 bits per heavy atom. The van der Waals surface area contributed by atoms with Crippen LogP contribution in [-0.4, -0.2) is 29.3 Å². The molecule has 0 aliphatic heterocycles. The molecule has 22 heavy (non-hydrogen) atoms. The molecule has 1 aromatic heterocycles. The van der Waals surface area contributed by atoms with E-state index >= 15 is 0 Å². The number of nitrogens with zero attached hydrogens (tertiary/aromatic N) is 1. The highest BCUT2D eigenvalue weighted by Gasteiger charge is 2.09. The van der Waals surface area contributed by atoms with E-state index in [1.54, 1.807) is 5.38 Å². The first-order valence-electron chi connectivity index (χ1n) is 6.95. The van der Waals surface area contributed by atoms with Gasteiger partial charge in [-0.2, -0.15) is 0 Å². The number of thiazole rings is 1. The Kier molecular flexibility index (Phi) is 5.60. The van der Waals surface area contributed by atoms with Crippen molar-refractivity contribution >= 4 is 28.1 Å². The lowest BCUT2D eigenvalue weighted by molar-refractivity contribution is -0.136. The Balaban J connectivity index is 2.13. The van der Waals surface area contributed by atoms with Gasteiger partial charge in [0, 0.05) is 17.1 Å². The minimum atomic E-state index is -0.892. The van der Waals surface area contributed by atoms with Crippen molar-refractivity contribution in [3.8, 4) is 11.5 Å². The van der Waals surface area contributed by atoms with Gasteiger partial charge in [-0.3, -0.25) is 4.79 Å². The van der Waals surface area contributed by atoms with E-state index < -0.39 is 5.97 Å². The van der Waals surface area contributed by atoms with Crippen molar-refractivity contribution in [2.75, 3.05) is 18.5 Å². The van der Waals surface area contributed by atoms with Gasteiger partial charge in [0.25, 0.3) is 0 Å². The molecular weight excluding hydrogens is 304 g/mol. The molecule has 7 heteroatoms. The van der Waals surface area contributed by atoms with Crippen molar-refractivity contribution in [2.24, 2.45) is 0 Å². The molecule has 1 heterocycles. The zero-order valence-electron chi connectivity index (χ0n) is 12.5. The van der Waals surface area contributed by atoms with Crippen LogP contribution in [0.2, 0.25) is 0 Å². The van der Waals surface area contributed by atoms with Gasteiger partial charge < -0.3 is 19.9 Å². The maximum absolute atomic E-state index is 10.7. The maximum Gasteiger partial charge on any atom is 0.309 e. The molecule has 0 fully saturated rings. The number of anilines is 2. The van der Waals surface area contributed by atoms with E-state index in [-0.39, 0.29) is 6.42 Å². The third kappa shape index (κ3) is 4.36. The number of hydrogen-bond acceptors (Lipinski definition) is 6. The number of carboxylic acid groups (broad SMARTS) is 1. The standard InChI is InChI=1S/C15H18N2O4S/c1-3-20-12-6-5-10(7-13(12)21-4-2)16-15-17-11(9-22-15)8-14(18)19/h5-7,9H,3-4,8H2,1-2H3,(H,16,17)(H,18,19). The Hall–Kier alpha value is -2.28. The molecule has 6 nitrogen and oxygen atoms in total. The van der Waals surface area contributed by atoms with Crippen LogP contribution in [0.1, 0.15) is 19.5 Å². The normalized spacial score (nSPS) is 10.3. The molecule has 1 aromatic carbocycles. The van der Waals surface area contributed by atoms with Gasteiger partial charge in [-0.05, 0) is 26.0 Å². The smallest absolute Gasteiger partial charge is 0.309 e. The topological polar surface area (TPSA) is 80.7 Å². The summed E-state index contributed by atoms with van der Waals surface area (Å²) in [7, 11) is 0. The fraction of sp³-hybridized carbons (Fsp3) is 0.333. The molecule has 0 unspecified atom stereocenters. The van der Waals surface area contributed by atoms with Gasteiger partial charge in [-0.15, -0.1) is 11.3 Å².